The quantitative estimate of drug-likeness (QED) is 0.392. The Morgan fingerprint density at radius 1 is 0.848 bits per heavy atom. The summed E-state index contributed by atoms with van der Waals surface area (Å²) in [7, 11) is 0. The molecule has 1 aromatic carbocycles. The van der Waals surface area contributed by atoms with Crippen LogP contribution in [0.25, 0.3) is 0 Å². The molecule has 4 rings (SSSR count). The minimum Gasteiger partial charge on any atom is -0.491 e. The second kappa shape index (κ2) is 11.2. The fraction of sp³-hybridized carbons (Fsp3) is 0.750. The summed E-state index contributed by atoms with van der Waals surface area (Å²) in [5, 5.41) is 0. The van der Waals surface area contributed by atoms with Crippen LogP contribution in [0.2, 0.25) is 0 Å². The molecule has 0 radical (unpaired) electrons. The van der Waals surface area contributed by atoms with Crippen LogP contribution in [-0.4, -0.2) is 18.7 Å². The Kier molecular flexibility index (Phi) is 8.29. The molecule has 184 valence electrons. The average molecular weight is 463 g/mol. The number of rotatable bonds is 7. The molecule has 5 heteroatoms. The van der Waals surface area contributed by atoms with Gasteiger partial charge in [0.05, 0.1) is 12.5 Å². The number of esters is 1. The molecular weight excluding hydrogens is 422 g/mol. The van der Waals surface area contributed by atoms with Gasteiger partial charge in [0.2, 0.25) is 5.82 Å². The molecule has 3 nitrogen and oxygen atoms in total. The number of carbonyl (C=O) groups excluding carboxylic acids is 1. The van der Waals surface area contributed by atoms with Crippen molar-refractivity contribution in [2.75, 3.05) is 6.61 Å². The summed E-state index contributed by atoms with van der Waals surface area (Å²) in [6, 6.07) is 2.88. The summed E-state index contributed by atoms with van der Waals surface area (Å²) in [6.45, 7) is 4.27. The highest BCUT2D eigenvalue weighted by Gasteiger charge is 2.39. The first-order valence-corrected chi connectivity index (χ1v) is 13.3. The Bertz CT molecular complexity index is 795. The second-order valence-electron chi connectivity index (χ2n) is 10.6. The molecule has 2 saturated carbocycles. The van der Waals surface area contributed by atoms with Crippen molar-refractivity contribution < 1.29 is 23.0 Å². The van der Waals surface area contributed by atoms with E-state index in [9.17, 15) is 13.6 Å². The maximum absolute atomic E-state index is 14.6. The van der Waals surface area contributed by atoms with E-state index in [2.05, 4.69) is 6.92 Å². The molecule has 3 fully saturated rings. The fourth-order valence-corrected chi connectivity index (χ4v) is 6.78. The van der Waals surface area contributed by atoms with Gasteiger partial charge in [-0.2, -0.15) is 4.39 Å². The molecule has 2 atom stereocenters. The molecule has 1 aromatic rings. The first-order chi connectivity index (χ1) is 16.0. The lowest BCUT2D eigenvalue weighted by Crippen LogP contribution is -2.37. The smallest absolute Gasteiger partial charge is 0.313 e. The van der Waals surface area contributed by atoms with Crippen LogP contribution in [0.5, 0.6) is 5.75 Å². The SMILES string of the molecule is CCCC1CCC(C2CCC(C3CCC(c4ccc(OCC)c(F)c4F)C(=O)O3)CC2)CC1. The van der Waals surface area contributed by atoms with Gasteiger partial charge < -0.3 is 9.47 Å². The molecule has 0 bridgehead atoms. The van der Waals surface area contributed by atoms with E-state index in [1.54, 1.807) is 6.92 Å². The molecule has 3 aliphatic rings. The van der Waals surface area contributed by atoms with Crippen molar-refractivity contribution >= 4 is 5.97 Å². The molecule has 0 N–H and O–H groups in total. The Balaban J connectivity index is 1.28. The zero-order valence-corrected chi connectivity index (χ0v) is 20.3. The molecule has 1 heterocycles. The number of carbonyl (C=O) groups is 1. The van der Waals surface area contributed by atoms with E-state index in [-0.39, 0.29) is 24.0 Å². The van der Waals surface area contributed by atoms with Crippen LogP contribution in [0.1, 0.15) is 102 Å². The van der Waals surface area contributed by atoms with Crippen LogP contribution in [0.4, 0.5) is 8.78 Å². The predicted molar refractivity (Wildman–Crippen MR) is 125 cm³/mol. The largest absolute Gasteiger partial charge is 0.491 e. The summed E-state index contributed by atoms with van der Waals surface area (Å²) in [5.74, 6) is -0.202. The third-order valence-electron chi connectivity index (χ3n) is 8.64. The molecule has 2 aliphatic carbocycles. The minimum absolute atomic E-state index is 0.0782. The highest BCUT2D eigenvalue weighted by Crippen LogP contribution is 2.45. The molecular formula is C28H40F2O3. The van der Waals surface area contributed by atoms with Gasteiger partial charge in [-0.15, -0.1) is 0 Å². The highest BCUT2D eigenvalue weighted by molar-refractivity contribution is 5.79. The maximum atomic E-state index is 14.6. The van der Waals surface area contributed by atoms with Crippen molar-refractivity contribution in [3.63, 3.8) is 0 Å². The Morgan fingerprint density at radius 2 is 1.48 bits per heavy atom. The lowest BCUT2D eigenvalue weighted by molar-refractivity contribution is -0.161. The third kappa shape index (κ3) is 5.54. The van der Waals surface area contributed by atoms with Crippen LogP contribution in [0.15, 0.2) is 12.1 Å². The Hall–Kier alpha value is -1.65. The molecule has 1 saturated heterocycles. The molecule has 33 heavy (non-hydrogen) atoms. The van der Waals surface area contributed by atoms with Gasteiger partial charge in [-0.05, 0) is 88.0 Å². The normalized spacial score (nSPS) is 32.9. The average Bonchev–Trinajstić information content (AvgIpc) is 2.83. The molecule has 0 amide bonds. The number of hydrogen-bond donors (Lipinski definition) is 0. The van der Waals surface area contributed by atoms with Crippen LogP contribution in [0, 0.1) is 35.3 Å². The highest BCUT2D eigenvalue weighted by atomic mass is 19.2. The second-order valence-corrected chi connectivity index (χ2v) is 10.6. The van der Waals surface area contributed by atoms with Crippen molar-refractivity contribution in [2.45, 2.75) is 103 Å². The number of ether oxygens (including phenoxy) is 2. The lowest BCUT2D eigenvalue weighted by Gasteiger charge is -2.41. The number of cyclic esters (lactones) is 1. The van der Waals surface area contributed by atoms with E-state index in [1.165, 1.54) is 63.5 Å². The van der Waals surface area contributed by atoms with Crippen LogP contribution < -0.4 is 4.74 Å². The third-order valence-corrected chi connectivity index (χ3v) is 8.64. The van der Waals surface area contributed by atoms with Gasteiger partial charge in [0.25, 0.3) is 0 Å². The van der Waals surface area contributed by atoms with E-state index in [0.29, 0.717) is 12.3 Å². The Morgan fingerprint density at radius 3 is 2.09 bits per heavy atom. The van der Waals surface area contributed by atoms with Crippen LogP contribution in [0.3, 0.4) is 0 Å². The lowest BCUT2D eigenvalue weighted by atomic mass is 9.67. The van der Waals surface area contributed by atoms with Gasteiger partial charge in [-0.3, -0.25) is 4.79 Å². The van der Waals surface area contributed by atoms with Gasteiger partial charge >= 0.3 is 5.97 Å². The van der Waals surface area contributed by atoms with Crippen LogP contribution >= 0.6 is 0 Å². The summed E-state index contributed by atoms with van der Waals surface area (Å²) in [6.07, 6.45) is 14.2. The first kappa shape index (κ1) is 24.5. The van der Waals surface area contributed by atoms with E-state index in [4.69, 9.17) is 9.47 Å². The van der Waals surface area contributed by atoms with Crippen molar-refractivity contribution in [1.29, 1.82) is 0 Å². The van der Waals surface area contributed by atoms with Gasteiger partial charge in [-0.25, -0.2) is 4.39 Å². The Labute approximate surface area is 197 Å². The minimum atomic E-state index is -1.02. The van der Waals surface area contributed by atoms with Crippen LogP contribution in [-0.2, 0) is 9.53 Å². The van der Waals surface area contributed by atoms with E-state index in [1.807, 2.05) is 0 Å². The summed E-state index contributed by atoms with van der Waals surface area (Å²) in [4.78, 5) is 12.8. The standard InChI is InChI=1S/C28H40F2O3/c1-3-5-18-6-8-19(9-7-18)20-10-12-21(13-11-20)24-16-15-23(28(31)33-24)22-14-17-25(32-4-2)27(30)26(22)29/h14,17-21,23-24H,3-13,15-16H2,1-2H3. The zero-order valence-electron chi connectivity index (χ0n) is 20.3. The van der Waals surface area contributed by atoms with Gasteiger partial charge in [0.1, 0.15) is 6.10 Å². The number of benzene rings is 1. The zero-order chi connectivity index (χ0) is 23.4. The monoisotopic (exact) mass is 462 g/mol. The topological polar surface area (TPSA) is 35.5 Å². The van der Waals surface area contributed by atoms with Crippen molar-refractivity contribution in [3.05, 3.63) is 29.3 Å². The van der Waals surface area contributed by atoms with Crippen molar-refractivity contribution in [3.8, 4) is 5.75 Å². The molecule has 1 aliphatic heterocycles. The van der Waals surface area contributed by atoms with E-state index < -0.39 is 23.5 Å². The number of halogens is 2. The first-order valence-electron chi connectivity index (χ1n) is 13.3. The summed E-state index contributed by atoms with van der Waals surface area (Å²) < 4.78 is 39.9. The van der Waals surface area contributed by atoms with Crippen molar-refractivity contribution in [1.82, 2.24) is 0 Å². The van der Waals surface area contributed by atoms with Gasteiger partial charge in [0, 0.05) is 5.56 Å². The van der Waals surface area contributed by atoms with Crippen molar-refractivity contribution in [2.24, 2.45) is 23.7 Å². The van der Waals surface area contributed by atoms with E-state index in [0.717, 1.165) is 37.0 Å². The van der Waals surface area contributed by atoms with Gasteiger partial charge in [0.15, 0.2) is 11.6 Å². The predicted octanol–water partition coefficient (Wildman–Crippen LogP) is 7.57. The summed E-state index contributed by atoms with van der Waals surface area (Å²) in [5.41, 5.74) is 0.0850. The molecule has 0 spiro atoms. The maximum Gasteiger partial charge on any atom is 0.313 e. The molecule has 0 aromatic heterocycles. The fourth-order valence-electron chi connectivity index (χ4n) is 6.78. The number of hydrogen-bond acceptors (Lipinski definition) is 3. The molecule has 2 unspecified atom stereocenters. The summed E-state index contributed by atoms with van der Waals surface area (Å²) >= 11 is 0. The van der Waals surface area contributed by atoms with Gasteiger partial charge in [-0.1, -0.05) is 38.7 Å². The van der Waals surface area contributed by atoms with E-state index >= 15 is 0 Å².